The van der Waals surface area contributed by atoms with E-state index in [1.165, 1.54) is 13.2 Å². The van der Waals surface area contributed by atoms with Crippen LogP contribution in [0.1, 0.15) is 24.8 Å². The first-order valence-electron chi connectivity index (χ1n) is 11.4. The number of carbonyl (C=O) groups is 2. The topological polar surface area (TPSA) is 77.5 Å². The van der Waals surface area contributed by atoms with Gasteiger partial charge in [0, 0.05) is 19.2 Å². The van der Waals surface area contributed by atoms with Gasteiger partial charge in [-0.1, -0.05) is 12.1 Å². The fourth-order valence-electron chi connectivity index (χ4n) is 4.34. The SMILES string of the molecule is COc1cc(/C=C/C(=O)N2C[C@H](C(=O)N3CCCCC3)Oc3ccccc32)cc(OC)c1OC. The molecule has 8 heteroatoms. The zero-order valence-corrected chi connectivity index (χ0v) is 19.8. The molecular weight excluding hydrogens is 436 g/mol. The lowest BCUT2D eigenvalue weighted by Gasteiger charge is -2.37. The van der Waals surface area contributed by atoms with Crippen molar-refractivity contribution in [2.75, 3.05) is 45.9 Å². The molecule has 0 aliphatic carbocycles. The van der Waals surface area contributed by atoms with Crippen molar-refractivity contribution in [2.45, 2.75) is 25.4 Å². The van der Waals surface area contributed by atoms with Gasteiger partial charge in [0.1, 0.15) is 5.75 Å². The number of hydrogen-bond acceptors (Lipinski definition) is 6. The molecule has 0 saturated carbocycles. The molecule has 2 heterocycles. The van der Waals surface area contributed by atoms with Gasteiger partial charge in [0.15, 0.2) is 17.6 Å². The number of likely N-dealkylation sites (tertiary alicyclic amines) is 1. The van der Waals surface area contributed by atoms with Crippen LogP contribution in [-0.4, -0.2) is 63.8 Å². The Morgan fingerprint density at radius 2 is 1.65 bits per heavy atom. The highest BCUT2D eigenvalue weighted by Gasteiger charge is 2.35. The maximum absolute atomic E-state index is 13.3. The summed E-state index contributed by atoms with van der Waals surface area (Å²) in [5.41, 5.74) is 1.36. The van der Waals surface area contributed by atoms with Crippen molar-refractivity contribution in [1.82, 2.24) is 4.90 Å². The largest absolute Gasteiger partial charge is 0.493 e. The van der Waals surface area contributed by atoms with E-state index in [1.807, 2.05) is 23.1 Å². The van der Waals surface area contributed by atoms with Crippen molar-refractivity contribution in [3.05, 3.63) is 48.0 Å². The van der Waals surface area contributed by atoms with Gasteiger partial charge in [-0.05, 0) is 55.2 Å². The van der Waals surface area contributed by atoms with Gasteiger partial charge in [-0.15, -0.1) is 0 Å². The molecule has 34 heavy (non-hydrogen) atoms. The first-order chi connectivity index (χ1) is 16.5. The van der Waals surface area contributed by atoms with Crippen LogP contribution in [0, 0.1) is 0 Å². The summed E-state index contributed by atoms with van der Waals surface area (Å²) in [5, 5.41) is 0. The van der Waals surface area contributed by atoms with Crippen molar-refractivity contribution in [1.29, 1.82) is 0 Å². The van der Waals surface area contributed by atoms with E-state index >= 15 is 0 Å². The minimum Gasteiger partial charge on any atom is -0.493 e. The molecule has 4 rings (SSSR count). The van der Waals surface area contributed by atoms with Crippen LogP contribution in [0.25, 0.3) is 6.08 Å². The number of ether oxygens (including phenoxy) is 4. The summed E-state index contributed by atoms with van der Waals surface area (Å²) in [6.45, 7) is 1.62. The number of nitrogens with zero attached hydrogens (tertiary/aromatic N) is 2. The normalized spacial score (nSPS) is 17.7. The first-order valence-corrected chi connectivity index (χ1v) is 11.4. The Hall–Kier alpha value is -3.68. The third-order valence-electron chi connectivity index (χ3n) is 6.09. The summed E-state index contributed by atoms with van der Waals surface area (Å²) in [6, 6.07) is 10.8. The molecule has 0 aromatic heterocycles. The number of amides is 2. The van der Waals surface area contributed by atoms with Crippen molar-refractivity contribution in [3.8, 4) is 23.0 Å². The van der Waals surface area contributed by atoms with Crippen LogP contribution in [0.4, 0.5) is 5.69 Å². The molecule has 2 aliphatic heterocycles. The molecule has 0 bridgehead atoms. The molecule has 8 nitrogen and oxygen atoms in total. The van der Waals surface area contributed by atoms with E-state index in [0.29, 0.717) is 34.2 Å². The Kier molecular flexibility index (Phi) is 7.25. The van der Waals surface area contributed by atoms with E-state index < -0.39 is 6.10 Å². The Morgan fingerprint density at radius 1 is 0.971 bits per heavy atom. The maximum Gasteiger partial charge on any atom is 0.265 e. The summed E-state index contributed by atoms with van der Waals surface area (Å²) in [4.78, 5) is 29.8. The summed E-state index contributed by atoms with van der Waals surface area (Å²) >= 11 is 0. The number of rotatable bonds is 6. The van der Waals surface area contributed by atoms with Crippen LogP contribution in [0.3, 0.4) is 0 Å². The number of para-hydroxylation sites is 2. The van der Waals surface area contributed by atoms with Crippen molar-refractivity contribution in [2.24, 2.45) is 0 Å². The second kappa shape index (κ2) is 10.5. The van der Waals surface area contributed by atoms with Gasteiger partial charge in [-0.25, -0.2) is 0 Å². The van der Waals surface area contributed by atoms with Crippen LogP contribution in [0.2, 0.25) is 0 Å². The van der Waals surface area contributed by atoms with Crippen LogP contribution < -0.4 is 23.8 Å². The number of methoxy groups -OCH3 is 3. The fourth-order valence-corrected chi connectivity index (χ4v) is 4.34. The predicted octanol–water partition coefficient (Wildman–Crippen LogP) is 3.53. The lowest BCUT2D eigenvalue weighted by Crippen LogP contribution is -2.52. The third-order valence-corrected chi connectivity index (χ3v) is 6.09. The summed E-state index contributed by atoms with van der Waals surface area (Å²) in [6.07, 6.45) is 5.56. The zero-order chi connectivity index (χ0) is 24.1. The number of carbonyl (C=O) groups excluding carboxylic acids is 2. The fraction of sp³-hybridized carbons (Fsp3) is 0.385. The van der Waals surface area contributed by atoms with Crippen LogP contribution in [-0.2, 0) is 9.59 Å². The molecule has 2 aliphatic rings. The molecule has 0 unspecified atom stereocenters. The van der Waals surface area contributed by atoms with Crippen LogP contribution >= 0.6 is 0 Å². The average Bonchev–Trinajstić information content (AvgIpc) is 2.90. The molecule has 0 spiro atoms. The number of anilines is 1. The van der Waals surface area contributed by atoms with Gasteiger partial charge in [-0.2, -0.15) is 0 Å². The van der Waals surface area contributed by atoms with E-state index in [0.717, 1.165) is 32.4 Å². The first kappa shape index (κ1) is 23.5. The van der Waals surface area contributed by atoms with Gasteiger partial charge in [0.05, 0.1) is 33.6 Å². The molecule has 1 atom stereocenters. The molecule has 2 amide bonds. The highest BCUT2D eigenvalue weighted by molar-refractivity contribution is 6.06. The molecule has 0 N–H and O–H groups in total. The van der Waals surface area contributed by atoms with E-state index in [4.69, 9.17) is 18.9 Å². The van der Waals surface area contributed by atoms with Gasteiger partial charge in [0.25, 0.3) is 11.8 Å². The third kappa shape index (κ3) is 4.81. The quantitative estimate of drug-likeness (QED) is 0.606. The lowest BCUT2D eigenvalue weighted by molar-refractivity contribution is -0.139. The van der Waals surface area contributed by atoms with Crippen LogP contribution in [0.15, 0.2) is 42.5 Å². The number of benzene rings is 2. The van der Waals surface area contributed by atoms with Crippen molar-refractivity contribution < 1.29 is 28.5 Å². The average molecular weight is 467 g/mol. The molecule has 180 valence electrons. The summed E-state index contributed by atoms with van der Waals surface area (Å²) < 4.78 is 22.2. The Morgan fingerprint density at radius 3 is 2.29 bits per heavy atom. The molecule has 2 aromatic carbocycles. The van der Waals surface area contributed by atoms with Crippen molar-refractivity contribution in [3.63, 3.8) is 0 Å². The standard InChI is InChI=1S/C26H30N2O6/c1-31-21-15-18(16-22(32-2)25(21)33-3)11-12-24(29)28-17-23(26(30)27-13-7-4-8-14-27)34-20-10-6-5-9-19(20)28/h5-6,9-12,15-16,23H,4,7-8,13-14,17H2,1-3H3/b12-11+/t23-/m1/s1. The van der Waals surface area contributed by atoms with Crippen LogP contribution in [0.5, 0.6) is 23.0 Å². The smallest absolute Gasteiger partial charge is 0.265 e. The molecule has 1 fully saturated rings. The minimum absolute atomic E-state index is 0.0689. The second-order valence-electron chi connectivity index (χ2n) is 8.20. The highest BCUT2D eigenvalue weighted by Crippen LogP contribution is 2.39. The minimum atomic E-state index is -0.730. The Balaban J connectivity index is 1.58. The summed E-state index contributed by atoms with van der Waals surface area (Å²) in [5.74, 6) is 1.69. The summed E-state index contributed by atoms with van der Waals surface area (Å²) in [7, 11) is 4.62. The zero-order valence-electron chi connectivity index (χ0n) is 19.8. The molecular formula is C26H30N2O6. The second-order valence-corrected chi connectivity index (χ2v) is 8.20. The number of fused-ring (bicyclic) bond motifs is 1. The van der Waals surface area contributed by atoms with Gasteiger partial charge in [0.2, 0.25) is 5.75 Å². The van der Waals surface area contributed by atoms with Gasteiger partial charge in [-0.3, -0.25) is 9.59 Å². The van der Waals surface area contributed by atoms with E-state index in [1.54, 1.807) is 43.4 Å². The maximum atomic E-state index is 13.3. The van der Waals surface area contributed by atoms with Gasteiger partial charge < -0.3 is 28.7 Å². The Labute approximate surface area is 199 Å². The molecule has 1 saturated heterocycles. The molecule has 0 radical (unpaired) electrons. The molecule has 2 aromatic rings. The highest BCUT2D eigenvalue weighted by atomic mass is 16.5. The Bertz CT molecular complexity index is 1050. The number of hydrogen-bond donors (Lipinski definition) is 0. The van der Waals surface area contributed by atoms with E-state index in [-0.39, 0.29) is 18.4 Å². The van der Waals surface area contributed by atoms with Gasteiger partial charge >= 0.3 is 0 Å². The van der Waals surface area contributed by atoms with Crippen molar-refractivity contribution >= 4 is 23.6 Å². The number of piperidine rings is 1. The lowest BCUT2D eigenvalue weighted by atomic mass is 10.1. The monoisotopic (exact) mass is 466 g/mol. The van der Waals surface area contributed by atoms with E-state index in [9.17, 15) is 9.59 Å². The predicted molar refractivity (Wildman–Crippen MR) is 129 cm³/mol. The van der Waals surface area contributed by atoms with E-state index in [2.05, 4.69) is 0 Å².